The predicted molar refractivity (Wildman–Crippen MR) is 56.2 cm³/mol. The molecule has 4 N–H and O–H groups in total. The van der Waals surface area contributed by atoms with E-state index in [-0.39, 0.29) is 5.91 Å². The van der Waals surface area contributed by atoms with E-state index >= 15 is 0 Å². The Labute approximate surface area is 87.4 Å². The quantitative estimate of drug-likeness (QED) is 0.510. The Morgan fingerprint density at radius 3 is 2.71 bits per heavy atom. The van der Waals surface area contributed by atoms with Crippen molar-refractivity contribution < 1.29 is 14.7 Å². The van der Waals surface area contributed by atoms with Crippen molar-refractivity contribution in [1.29, 1.82) is 0 Å². The minimum absolute atomic E-state index is 0.00753. The second-order valence-electron chi connectivity index (χ2n) is 2.80. The van der Waals surface area contributed by atoms with Crippen LogP contribution in [0.1, 0.15) is 12.8 Å². The summed E-state index contributed by atoms with van der Waals surface area (Å²) in [6.45, 7) is 0. The van der Waals surface area contributed by atoms with Crippen molar-refractivity contribution in [1.82, 2.24) is 5.32 Å². The van der Waals surface area contributed by atoms with Crippen LogP contribution in [0.3, 0.4) is 0 Å². The van der Waals surface area contributed by atoms with Gasteiger partial charge in [-0.2, -0.15) is 11.8 Å². The monoisotopic (exact) mass is 220 g/mol. The molecule has 0 aromatic rings. The molecule has 0 rings (SSSR count). The molecule has 0 aliphatic rings. The first kappa shape index (κ1) is 13.2. The van der Waals surface area contributed by atoms with Crippen LogP contribution < -0.4 is 11.1 Å². The molecule has 0 spiro atoms. The summed E-state index contributed by atoms with van der Waals surface area (Å²) in [6.07, 6.45) is 1.22. The number of carbonyl (C=O) groups excluding carboxylic acids is 1. The van der Waals surface area contributed by atoms with Crippen molar-refractivity contribution in [3.63, 3.8) is 0 Å². The maximum Gasteiger partial charge on any atom is 0.321 e. The summed E-state index contributed by atoms with van der Waals surface area (Å²) in [4.78, 5) is 21.1. The van der Waals surface area contributed by atoms with E-state index < -0.39 is 12.0 Å². The molecule has 0 fully saturated rings. The largest absolute Gasteiger partial charge is 0.480 e. The average Bonchev–Trinajstić information content (AvgIpc) is 2.16. The summed E-state index contributed by atoms with van der Waals surface area (Å²) < 4.78 is 0. The second-order valence-corrected chi connectivity index (χ2v) is 3.95. The number of carboxylic acids is 1. The van der Waals surface area contributed by atoms with E-state index in [0.717, 1.165) is 12.2 Å². The van der Waals surface area contributed by atoms with E-state index in [4.69, 9.17) is 10.8 Å². The molecule has 0 aliphatic carbocycles. The van der Waals surface area contributed by atoms with Crippen molar-refractivity contribution in [2.45, 2.75) is 18.9 Å². The van der Waals surface area contributed by atoms with Gasteiger partial charge in [0.1, 0.15) is 6.04 Å². The van der Waals surface area contributed by atoms with Gasteiger partial charge in [0.05, 0.1) is 0 Å². The lowest BCUT2D eigenvalue weighted by molar-refractivity contribution is -0.137. The number of thioether (sulfide) groups is 1. The molecule has 1 atom stereocenters. The van der Waals surface area contributed by atoms with Crippen LogP contribution in [0.15, 0.2) is 0 Å². The van der Waals surface area contributed by atoms with Crippen LogP contribution in [0.5, 0.6) is 0 Å². The minimum Gasteiger partial charge on any atom is -0.480 e. The fourth-order valence-electron chi connectivity index (χ4n) is 0.741. The number of hydrogen-bond acceptors (Lipinski definition) is 4. The van der Waals surface area contributed by atoms with Crippen molar-refractivity contribution >= 4 is 23.6 Å². The maximum absolute atomic E-state index is 10.8. The highest BCUT2D eigenvalue weighted by Gasteiger charge is 2.10. The molecule has 0 heterocycles. The van der Waals surface area contributed by atoms with Crippen LogP contribution in [0.4, 0.5) is 0 Å². The third kappa shape index (κ3) is 6.73. The van der Waals surface area contributed by atoms with E-state index in [0.29, 0.717) is 12.2 Å². The van der Waals surface area contributed by atoms with Gasteiger partial charge in [-0.25, -0.2) is 0 Å². The number of carbonyl (C=O) groups is 2. The lowest BCUT2D eigenvalue weighted by Crippen LogP contribution is -2.32. The van der Waals surface area contributed by atoms with Gasteiger partial charge in [0.25, 0.3) is 0 Å². The molecule has 1 amide bonds. The first-order valence-corrected chi connectivity index (χ1v) is 5.50. The summed E-state index contributed by atoms with van der Waals surface area (Å²) in [5.74, 6) is 0.175. The number of nitrogens with one attached hydrogen (secondary N) is 1. The van der Waals surface area contributed by atoms with Gasteiger partial charge in [-0.15, -0.1) is 0 Å². The summed E-state index contributed by atoms with van der Waals surface area (Å²) in [7, 11) is 1.59. The Bertz CT molecular complexity index is 199. The summed E-state index contributed by atoms with van der Waals surface area (Å²) >= 11 is 1.46. The first-order valence-electron chi connectivity index (χ1n) is 4.34. The van der Waals surface area contributed by atoms with Crippen LogP contribution in [0.25, 0.3) is 0 Å². The fraction of sp³-hybridized carbons (Fsp3) is 0.750. The van der Waals surface area contributed by atoms with Gasteiger partial charge in [0, 0.05) is 19.2 Å². The van der Waals surface area contributed by atoms with Gasteiger partial charge >= 0.3 is 5.97 Å². The van der Waals surface area contributed by atoms with Gasteiger partial charge in [0.15, 0.2) is 0 Å². The topological polar surface area (TPSA) is 92.4 Å². The van der Waals surface area contributed by atoms with E-state index in [2.05, 4.69) is 5.32 Å². The van der Waals surface area contributed by atoms with E-state index in [1.807, 2.05) is 0 Å². The highest BCUT2D eigenvalue weighted by atomic mass is 32.2. The SMILES string of the molecule is CNC(=O)CCCSCC(N)C(=O)O. The van der Waals surface area contributed by atoms with Crippen molar-refractivity contribution in [2.24, 2.45) is 5.73 Å². The third-order valence-corrected chi connectivity index (χ3v) is 2.76. The Morgan fingerprint density at radius 2 is 2.21 bits per heavy atom. The Kier molecular flexibility index (Phi) is 7.23. The van der Waals surface area contributed by atoms with Gasteiger partial charge in [-0.3, -0.25) is 9.59 Å². The van der Waals surface area contributed by atoms with E-state index in [1.54, 1.807) is 7.05 Å². The number of hydrogen-bond donors (Lipinski definition) is 3. The third-order valence-electron chi connectivity index (χ3n) is 1.59. The van der Waals surface area contributed by atoms with E-state index in [9.17, 15) is 9.59 Å². The fourth-order valence-corrected chi connectivity index (χ4v) is 1.65. The predicted octanol–water partition coefficient (Wildman–Crippen LogP) is -0.342. The molecular weight excluding hydrogens is 204 g/mol. The lowest BCUT2D eigenvalue weighted by Gasteiger charge is -2.05. The zero-order valence-corrected chi connectivity index (χ0v) is 8.97. The zero-order valence-electron chi connectivity index (χ0n) is 8.16. The molecule has 0 saturated carbocycles. The van der Waals surface area contributed by atoms with Crippen molar-refractivity contribution in [3.8, 4) is 0 Å². The molecule has 0 aromatic carbocycles. The molecule has 5 nitrogen and oxygen atoms in total. The number of rotatable bonds is 7. The molecule has 6 heteroatoms. The Morgan fingerprint density at radius 1 is 1.57 bits per heavy atom. The van der Waals surface area contributed by atoms with Crippen molar-refractivity contribution in [3.05, 3.63) is 0 Å². The van der Waals surface area contributed by atoms with Crippen LogP contribution in [0.2, 0.25) is 0 Å². The number of nitrogens with two attached hydrogens (primary N) is 1. The normalized spacial score (nSPS) is 12.1. The average molecular weight is 220 g/mol. The van der Waals surface area contributed by atoms with Crippen LogP contribution in [-0.2, 0) is 9.59 Å². The molecule has 0 aromatic heterocycles. The Balaban J connectivity index is 3.30. The molecule has 0 saturated heterocycles. The minimum atomic E-state index is -0.983. The van der Waals surface area contributed by atoms with Crippen LogP contribution in [0, 0.1) is 0 Å². The van der Waals surface area contributed by atoms with Gasteiger partial charge in [-0.1, -0.05) is 0 Å². The molecule has 0 radical (unpaired) electrons. The zero-order chi connectivity index (χ0) is 11.0. The standard InChI is InChI=1S/C8H16N2O3S/c1-10-7(11)3-2-4-14-5-6(9)8(12)13/h6H,2-5,9H2,1H3,(H,10,11)(H,12,13). The molecule has 0 aliphatic heterocycles. The molecule has 1 unspecified atom stereocenters. The Hall–Kier alpha value is -0.750. The molecule has 0 bridgehead atoms. The number of amides is 1. The van der Waals surface area contributed by atoms with E-state index in [1.165, 1.54) is 11.8 Å². The van der Waals surface area contributed by atoms with Crippen LogP contribution >= 0.6 is 11.8 Å². The van der Waals surface area contributed by atoms with Crippen LogP contribution in [-0.4, -0.2) is 41.6 Å². The molecule has 82 valence electrons. The smallest absolute Gasteiger partial charge is 0.321 e. The van der Waals surface area contributed by atoms with Gasteiger partial charge < -0.3 is 16.2 Å². The van der Waals surface area contributed by atoms with Gasteiger partial charge in [-0.05, 0) is 12.2 Å². The maximum atomic E-state index is 10.8. The number of carboxylic acid groups (broad SMARTS) is 1. The highest BCUT2D eigenvalue weighted by molar-refractivity contribution is 7.99. The molecule has 14 heavy (non-hydrogen) atoms. The molecular formula is C8H16N2O3S. The summed E-state index contributed by atoms with van der Waals surface area (Å²) in [5.41, 5.74) is 5.29. The lowest BCUT2D eigenvalue weighted by atomic mass is 10.3. The highest BCUT2D eigenvalue weighted by Crippen LogP contribution is 2.05. The number of aliphatic carboxylic acids is 1. The second kappa shape index (κ2) is 7.64. The van der Waals surface area contributed by atoms with Gasteiger partial charge in [0.2, 0.25) is 5.91 Å². The van der Waals surface area contributed by atoms with Crippen molar-refractivity contribution in [2.75, 3.05) is 18.6 Å². The first-order chi connectivity index (χ1) is 6.57. The summed E-state index contributed by atoms with van der Waals surface area (Å²) in [6, 6.07) is -0.806. The summed E-state index contributed by atoms with van der Waals surface area (Å²) in [5, 5.41) is 11.0.